The van der Waals surface area contributed by atoms with Crippen LogP contribution in [-0.4, -0.2) is 41.4 Å². The summed E-state index contributed by atoms with van der Waals surface area (Å²) >= 11 is 17.5. The Morgan fingerprint density at radius 1 is 0.756 bits per heavy atom. The van der Waals surface area contributed by atoms with E-state index in [1.165, 1.54) is 26.1 Å². The fraction of sp³-hybridized carbons (Fsp3) is 0.697. The van der Waals surface area contributed by atoms with Gasteiger partial charge in [-0.1, -0.05) is 171 Å². The van der Waals surface area contributed by atoms with Crippen molar-refractivity contribution in [3.63, 3.8) is 0 Å². The second-order valence-electron chi connectivity index (χ2n) is 4.93. The maximum Gasteiger partial charge on any atom is 0.328 e. The molecule has 0 unspecified atom stereocenters. The summed E-state index contributed by atoms with van der Waals surface area (Å²) in [7, 11) is -1.42. The molecule has 0 saturated heterocycles. The first-order chi connectivity index (χ1) is 20.1. The predicted molar refractivity (Wildman–Crippen MR) is 239 cm³/mol. The predicted octanol–water partition coefficient (Wildman–Crippen LogP) is 13.3. The molecule has 0 nitrogen and oxygen atoms in total. The molecule has 0 rings (SSSR count). The number of hydrogen-bond acceptors (Lipinski definition) is 2. The molecule has 0 aliphatic carbocycles. The van der Waals surface area contributed by atoms with E-state index in [2.05, 4.69) is 159 Å². The van der Waals surface area contributed by atoms with Crippen molar-refractivity contribution < 1.29 is 7.06 Å². The Morgan fingerprint density at radius 3 is 1.05 bits per heavy atom. The summed E-state index contributed by atoms with van der Waals surface area (Å²) in [6, 6.07) is 0. The molecule has 0 bridgehead atoms. The lowest BCUT2D eigenvalue weighted by Crippen LogP contribution is -1.59. The molecule has 0 radical (unpaired) electrons. The van der Waals surface area contributed by atoms with Gasteiger partial charge in [-0.15, -0.1) is 49.8 Å². The lowest BCUT2D eigenvalue weighted by molar-refractivity contribution is 0.772. The molecule has 0 fully saturated rings. The van der Waals surface area contributed by atoms with E-state index in [9.17, 15) is 4.32 Å². The molecule has 0 aromatic carbocycles. The number of rotatable bonds is 4. The molecule has 0 aliphatic rings. The minimum absolute atomic E-state index is 0. The first kappa shape index (κ1) is 68.9. The van der Waals surface area contributed by atoms with Crippen molar-refractivity contribution in [1.29, 1.82) is 1.34 Å². The number of unbranched alkanes of at least 4 members (excludes halogenated alkanes) is 4. The maximum atomic E-state index is 10.7. The SMILES string of the molecule is C.C.C#CCBr.C#CCC.C#CCCC.CCBr.CCCCC.CI.CS.CS.[3H]B(C)F.[3H]C#CCCC.[3H]C#CCI. The van der Waals surface area contributed by atoms with E-state index in [-0.39, 0.29) is 14.9 Å². The van der Waals surface area contributed by atoms with Gasteiger partial charge in [0.25, 0.3) is 0 Å². The van der Waals surface area contributed by atoms with Gasteiger partial charge in [0, 0.05) is 25.9 Å². The Morgan fingerprint density at radius 2 is 1.02 bits per heavy atom. The van der Waals surface area contributed by atoms with Gasteiger partial charge in [0.1, 0.15) is 2.74 Å². The average Bonchev–Trinajstić information content (AvgIpc) is 3.01. The van der Waals surface area contributed by atoms with Crippen LogP contribution in [0.15, 0.2) is 0 Å². The van der Waals surface area contributed by atoms with Gasteiger partial charge in [-0.05, 0) is 30.3 Å². The van der Waals surface area contributed by atoms with Gasteiger partial charge < -0.3 is 4.32 Å². The van der Waals surface area contributed by atoms with Crippen LogP contribution < -0.4 is 0 Å². The standard InChI is InChI=1S/C5H12.2C5H8.C4H6.C3H3Br.C3H3I.C2H5Br.CH4BF.CH3I.2CH4S.2CH4/c3*1-3-5-4-2;1-3-4-2;2*1-2-3-4;2*1-2-3;3*1-2;;/h3-5H2,1-2H3;2*1H,4-5H2,2H3;1H,4H2,2H3;2*1H,3H2;2H2,1H3;2H,1H3;1H3;2*2H,1H3;2*1H4/i;1T;;;;1T;;2T;;;;;. The van der Waals surface area contributed by atoms with Crippen LogP contribution in [0.4, 0.5) is 4.32 Å². The zero-order valence-electron chi connectivity index (χ0n) is 29.4. The zero-order chi connectivity index (χ0) is 36.3. The smallest absolute Gasteiger partial charge is 0.328 e. The molecule has 0 aromatic heterocycles. The van der Waals surface area contributed by atoms with Crippen molar-refractivity contribution in [3.8, 4) is 61.7 Å². The summed E-state index contributed by atoms with van der Waals surface area (Å²) in [5, 5.41) is 1.72. The van der Waals surface area contributed by atoms with Crippen LogP contribution in [0.1, 0.15) is 111 Å². The molecule has 0 amide bonds. The van der Waals surface area contributed by atoms with Crippen molar-refractivity contribution >= 4 is 110 Å². The van der Waals surface area contributed by atoms with Crippen molar-refractivity contribution in [2.24, 2.45) is 0 Å². The fourth-order valence-corrected chi connectivity index (χ4v) is 0.623. The highest BCUT2D eigenvalue weighted by Gasteiger charge is 1.68. The normalized spacial score (nSPS) is 5.95. The molecule has 0 N–H and O–H groups in total. The van der Waals surface area contributed by atoms with Crippen LogP contribution in [0, 0.1) is 61.7 Å². The van der Waals surface area contributed by atoms with Gasteiger partial charge >= 0.3 is 7.52 Å². The molecule has 41 heavy (non-hydrogen) atoms. The minimum atomic E-state index is -1.42. The summed E-state index contributed by atoms with van der Waals surface area (Å²) in [5.41, 5.74) is 0. The third-order valence-corrected chi connectivity index (χ3v) is 2.53. The third-order valence-electron chi connectivity index (χ3n) is 1.82. The van der Waals surface area contributed by atoms with Gasteiger partial charge in [-0.3, -0.25) is 0 Å². The molecule has 8 heteroatoms. The summed E-state index contributed by atoms with van der Waals surface area (Å²) in [5.74, 6) is 12.4. The van der Waals surface area contributed by atoms with E-state index in [0.717, 1.165) is 41.9 Å². The Kier molecular flexibility index (Phi) is 341. The van der Waals surface area contributed by atoms with Crippen LogP contribution in [0.3, 0.4) is 0 Å². The van der Waals surface area contributed by atoms with Crippen molar-refractivity contribution in [1.82, 2.24) is 0 Å². The second kappa shape index (κ2) is 203. The molecular formula is C33H68BBr2FI2S2. The van der Waals surface area contributed by atoms with Gasteiger partial charge in [0.2, 0.25) is 0 Å². The molecule has 0 aromatic rings. The minimum Gasteiger partial charge on any atom is -0.342 e. The molecule has 0 atom stereocenters. The Balaban J connectivity index is -0.0000000221. The number of halogens is 5. The van der Waals surface area contributed by atoms with Crippen LogP contribution in [0.2, 0.25) is 6.82 Å². The van der Waals surface area contributed by atoms with Crippen LogP contribution in [0.5, 0.6) is 0 Å². The maximum absolute atomic E-state index is 10.7. The monoisotopic (exact) mass is 976 g/mol. The molecule has 250 valence electrons. The molecular weight excluding hydrogens is 904 g/mol. The number of alkyl halides is 4. The molecule has 0 aliphatic heterocycles. The fourth-order valence-electron chi connectivity index (χ4n) is 0.623. The van der Waals surface area contributed by atoms with Gasteiger partial charge in [0.05, 0.1) is 9.76 Å². The lowest BCUT2D eigenvalue weighted by Gasteiger charge is -1.79. The Bertz CT molecular complexity index is 550. The van der Waals surface area contributed by atoms with Crippen LogP contribution in [0.25, 0.3) is 0 Å². The van der Waals surface area contributed by atoms with Gasteiger partial charge in [-0.25, -0.2) is 0 Å². The van der Waals surface area contributed by atoms with Crippen molar-refractivity contribution in [3.05, 3.63) is 0 Å². The first-order valence-electron chi connectivity index (χ1n) is 13.8. The third kappa shape index (κ3) is 630. The van der Waals surface area contributed by atoms with Crippen LogP contribution >= 0.6 is 102 Å². The van der Waals surface area contributed by atoms with Gasteiger partial charge in [0.15, 0.2) is 0 Å². The Hall–Kier alpha value is 0.915. The van der Waals surface area contributed by atoms with Crippen molar-refractivity contribution in [2.45, 2.75) is 115 Å². The molecule has 0 spiro atoms. The topological polar surface area (TPSA) is 0 Å². The summed E-state index contributed by atoms with van der Waals surface area (Å²) in [4.78, 5) is 1.97. The quantitative estimate of drug-likeness (QED) is 0.0906. The van der Waals surface area contributed by atoms with Gasteiger partial charge in [-0.2, -0.15) is 25.3 Å². The lowest BCUT2D eigenvalue weighted by atomic mass is 10.2. The van der Waals surface area contributed by atoms with Crippen LogP contribution in [-0.2, 0) is 0 Å². The number of hydrogen-bond donors (Lipinski definition) is 2. The second-order valence-corrected chi connectivity index (χ2v) is 7.37. The van der Waals surface area contributed by atoms with E-state index in [0.29, 0.717) is 5.33 Å². The van der Waals surface area contributed by atoms with E-state index >= 15 is 0 Å². The molecule has 0 heterocycles. The zero-order valence-corrected chi connectivity index (χ0v) is 35.6. The number of thiol groups is 2. The largest absolute Gasteiger partial charge is 0.342 e. The number of terminal acetylenes is 5. The van der Waals surface area contributed by atoms with E-state index in [4.69, 9.17) is 23.3 Å². The highest BCUT2D eigenvalue weighted by atomic mass is 127. The van der Waals surface area contributed by atoms with E-state index in [1.54, 1.807) is 12.5 Å². The van der Waals surface area contributed by atoms with Crippen molar-refractivity contribution in [2.75, 3.05) is 32.5 Å². The summed E-state index contributed by atoms with van der Waals surface area (Å²) in [6.07, 6.45) is 30.7. The van der Waals surface area contributed by atoms with E-state index < -0.39 is 7.52 Å². The Labute approximate surface area is 323 Å². The molecule has 0 saturated carbocycles. The summed E-state index contributed by atoms with van der Waals surface area (Å²) < 4.78 is 29.9. The highest BCUT2D eigenvalue weighted by Crippen LogP contribution is 1.88. The summed E-state index contributed by atoms with van der Waals surface area (Å²) in [6.45, 7) is 13.7. The van der Waals surface area contributed by atoms with E-state index in [1.807, 2.05) is 32.1 Å². The average molecular weight is 978 g/mol. The first-order valence-corrected chi connectivity index (χ1v) is 20.0. The highest BCUT2D eigenvalue weighted by molar-refractivity contribution is 14.1.